The molecule has 4 nitrogen and oxygen atoms in total. The van der Waals surface area contributed by atoms with Crippen molar-refractivity contribution in [1.29, 1.82) is 0 Å². The summed E-state index contributed by atoms with van der Waals surface area (Å²) in [5.41, 5.74) is 4.79. The lowest BCUT2D eigenvalue weighted by Crippen LogP contribution is -2.41. The zero-order valence-electron chi connectivity index (χ0n) is 15.7. The molecule has 1 fully saturated rings. The summed E-state index contributed by atoms with van der Waals surface area (Å²) in [5, 5.41) is 9.50. The third-order valence-electron chi connectivity index (χ3n) is 5.14. The van der Waals surface area contributed by atoms with Gasteiger partial charge in [-0.3, -0.25) is 9.69 Å². The van der Waals surface area contributed by atoms with E-state index in [1.165, 1.54) is 16.7 Å². The Hall–Kier alpha value is -2.33. The fraction of sp³-hybridized carbons (Fsp3) is 0.409. The molecule has 0 aliphatic carbocycles. The molecule has 2 aromatic rings. The van der Waals surface area contributed by atoms with Crippen LogP contribution in [-0.4, -0.2) is 36.2 Å². The molecule has 1 heterocycles. The zero-order chi connectivity index (χ0) is 18.7. The Labute approximate surface area is 155 Å². The molecule has 138 valence electrons. The number of rotatable bonds is 5. The highest BCUT2D eigenvalue weighted by molar-refractivity contribution is 5.70. The highest BCUT2D eigenvalue weighted by Gasteiger charge is 2.31. The van der Waals surface area contributed by atoms with Crippen LogP contribution in [-0.2, 0) is 4.79 Å². The number of carboxylic acid groups (broad SMARTS) is 1. The van der Waals surface area contributed by atoms with Crippen LogP contribution in [0.1, 0.15) is 41.1 Å². The van der Waals surface area contributed by atoms with Gasteiger partial charge in [0.1, 0.15) is 5.75 Å². The number of carboxylic acids is 1. The smallest absolute Gasteiger partial charge is 0.307 e. The van der Waals surface area contributed by atoms with Crippen LogP contribution in [0.15, 0.2) is 42.5 Å². The van der Waals surface area contributed by atoms with Crippen molar-refractivity contribution >= 4 is 5.97 Å². The van der Waals surface area contributed by atoms with Gasteiger partial charge in [0.05, 0.1) is 19.1 Å². The average Bonchev–Trinajstić information content (AvgIpc) is 2.61. The van der Waals surface area contributed by atoms with E-state index in [1.54, 1.807) is 7.11 Å². The van der Waals surface area contributed by atoms with Crippen LogP contribution in [0.2, 0.25) is 0 Å². The van der Waals surface area contributed by atoms with Gasteiger partial charge >= 0.3 is 5.97 Å². The van der Waals surface area contributed by atoms with Gasteiger partial charge in [-0.25, -0.2) is 0 Å². The lowest BCUT2D eigenvalue weighted by molar-refractivity contribution is -0.143. The Morgan fingerprint density at radius 2 is 1.88 bits per heavy atom. The number of hydrogen-bond acceptors (Lipinski definition) is 3. The van der Waals surface area contributed by atoms with E-state index >= 15 is 0 Å². The molecule has 1 N–H and O–H groups in total. The van der Waals surface area contributed by atoms with Gasteiger partial charge in [0, 0.05) is 6.54 Å². The second-order valence-corrected chi connectivity index (χ2v) is 7.27. The molecule has 0 radical (unpaired) electrons. The third kappa shape index (κ3) is 4.07. The van der Waals surface area contributed by atoms with E-state index in [-0.39, 0.29) is 12.0 Å². The maximum absolute atomic E-state index is 11.6. The fourth-order valence-corrected chi connectivity index (χ4v) is 4.04. The van der Waals surface area contributed by atoms with Crippen LogP contribution in [0, 0.1) is 19.8 Å². The molecule has 0 saturated carbocycles. The molecule has 1 aliphatic heterocycles. The van der Waals surface area contributed by atoms with Crippen molar-refractivity contribution in [3.63, 3.8) is 0 Å². The number of carbonyl (C=O) groups is 1. The minimum absolute atomic E-state index is 0.0332. The molecule has 1 aliphatic rings. The van der Waals surface area contributed by atoms with Crippen LogP contribution in [0.25, 0.3) is 0 Å². The van der Waals surface area contributed by atoms with Gasteiger partial charge in [0.15, 0.2) is 0 Å². The number of benzene rings is 2. The molecule has 2 aromatic carbocycles. The van der Waals surface area contributed by atoms with Crippen molar-refractivity contribution in [3.8, 4) is 5.75 Å². The molecule has 1 saturated heterocycles. The summed E-state index contributed by atoms with van der Waals surface area (Å²) in [6, 6.07) is 14.7. The highest BCUT2D eigenvalue weighted by Crippen LogP contribution is 2.34. The number of hydrogen-bond donors (Lipinski definition) is 1. The van der Waals surface area contributed by atoms with Crippen molar-refractivity contribution in [2.75, 3.05) is 20.2 Å². The van der Waals surface area contributed by atoms with Crippen LogP contribution < -0.4 is 4.74 Å². The number of aliphatic carboxylic acids is 1. The minimum atomic E-state index is -0.695. The highest BCUT2D eigenvalue weighted by atomic mass is 16.5. The van der Waals surface area contributed by atoms with Crippen LogP contribution >= 0.6 is 0 Å². The van der Waals surface area contributed by atoms with Crippen molar-refractivity contribution in [1.82, 2.24) is 4.90 Å². The SMILES string of the molecule is COc1cccc(C(c2cc(C)cc(C)c2)N2CCCC(C(=O)O)C2)c1. The summed E-state index contributed by atoms with van der Waals surface area (Å²) in [4.78, 5) is 13.9. The first kappa shape index (κ1) is 18.5. The van der Waals surface area contributed by atoms with Crippen LogP contribution in [0.4, 0.5) is 0 Å². The molecule has 3 rings (SSSR count). The Morgan fingerprint density at radius 3 is 2.54 bits per heavy atom. The summed E-state index contributed by atoms with van der Waals surface area (Å²) < 4.78 is 5.42. The van der Waals surface area contributed by atoms with Crippen LogP contribution in [0.3, 0.4) is 0 Å². The first-order valence-corrected chi connectivity index (χ1v) is 9.17. The number of likely N-dealkylation sites (tertiary alicyclic amines) is 1. The lowest BCUT2D eigenvalue weighted by Gasteiger charge is -2.38. The summed E-state index contributed by atoms with van der Waals surface area (Å²) >= 11 is 0. The lowest BCUT2D eigenvalue weighted by atomic mass is 9.90. The van der Waals surface area contributed by atoms with Gasteiger partial charge in [0.2, 0.25) is 0 Å². The molecular formula is C22H27NO3. The van der Waals surface area contributed by atoms with Gasteiger partial charge in [-0.15, -0.1) is 0 Å². The monoisotopic (exact) mass is 353 g/mol. The zero-order valence-corrected chi connectivity index (χ0v) is 15.7. The van der Waals surface area contributed by atoms with Gasteiger partial charge in [-0.1, -0.05) is 41.5 Å². The minimum Gasteiger partial charge on any atom is -0.497 e. The van der Waals surface area contributed by atoms with E-state index in [4.69, 9.17) is 4.74 Å². The molecule has 0 spiro atoms. The molecule has 0 bridgehead atoms. The van der Waals surface area contributed by atoms with E-state index < -0.39 is 5.97 Å². The first-order valence-electron chi connectivity index (χ1n) is 9.17. The average molecular weight is 353 g/mol. The van der Waals surface area contributed by atoms with Gasteiger partial charge in [-0.2, -0.15) is 0 Å². The quantitative estimate of drug-likeness (QED) is 0.875. The topological polar surface area (TPSA) is 49.8 Å². The van der Waals surface area contributed by atoms with E-state index in [9.17, 15) is 9.90 Å². The van der Waals surface area contributed by atoms with E-state index in [2.05, 4.69) is 49.1 Å². The van der Waals surface area contributed by atoms with Gasteiger partial charge in [0.25, 0.3) is 0 Å². The number of nitrogens with zero attached hydrogens (tertiary/aromatic N) is 1. The Balaban J connectivity index is 2.04. The van der Waals surface area contributed by atoms with E-state index in [0.717, 1.165) is 30.7 Å². The first-order chi connectivity index (χ1) is 12.5. The normalized spacial score (nSPS) is 19.1. The maximum Gasteiger partial charge on any atom is 0.307 e. The molecule has 4 heteroatoms. The summed E-state index contributed by atoms with van der Waals surface area (Å²) in [7, 11) is 1.67. The van der Waals surface area contributed by atoms with Crippen molar-refractivity contribution < 1.29 is 14.6 Å². The number of ether oxygens (including phenoxy) is 1. The second kappa shape index (κ2) is 7.92. The van der Waals surface area contributed by atoms with Gasteiger partial charge < -0.3 is 9.84 Å². The van der Waals surface area contributed by atoms with Crippen molar-refractivity contribution in [3.05, 3.63) is 64.7 Å². The van der Waals surface area contributed by atoms with Crippen molar-refractivity contribution in [2.24, 2.45) is 5.92 Å². The third-order valence-corrected chi connectivity index (χ3v) is 5.14. The maximum atomic E-state index is 11.6. The molecule has 0 aromatic heterocycles. The van der Waals surface area contributed by atoms with Crippen LogP contribution in [0.5, 0.6) is 5.75 Å². The summed E-state index contributed by atoms with van der Waals surface area (Å²) in [5.74, 6) is -0.175. The number of methoxy groups -OCH3 is 1. The van der Waals surface area contributed by atoms with E-state index in [1.807, 2.05) is 12.1 Å². The molecule has 2 atom stereocenters. The Bertz CT molecular complexity index is 766. The second-order valence-electron chi connectivity index (χ2n) is 7.27. The number of aryl methyl sites for hydroxylation is 2. The fourth-order valence-electron chi connectivity index (χ4n) is 4.04. The standard InChI is InChI=1S/C22H27NO3/c1-15-10-16(2)12-19(11-15)21(17-6-4-8-20(13-17)26-3)23-9-5-7-18(14-23)22(24)25/h4,6,8,10-13,18,21H,5,7,9,14H2,1-3H3,(H,24,25). The molecule has 26 heavy (non-hydrogen) atoms. The van der Waals surface area contributed by atoms with Gasteiger partial charge in [-0.05, 0) is 56.5 Å². The molecule has 2 unspecified atom stereocenters. The molecular weight excluding hydrogens is 326 g/mol. The van der Waals surface area contributed by atoms with E-state index in [0.29, 0.717) is 6.54 Å². The Kier molecular flexibility index (Phi) is 5.62. The molecule has 0 amide bonds. The Morgan fingerprint density at radius 1 is 1.15 bits per heavy atom. The summed E-state index contributed by atoms with van der Waals surface area (Å²) in [6.45, 7) is 5.69. The largest absolute Gasteiger partial charge is 0.497 e. The van der Waals surface area contributed by atoms with Crippen molar-refractivity contribution in [2.45, 2.75) is 32.7 Å². The predicted molar refractivity (Wildman–Crippen MR) is 103 cm³/mol. The summed E-state index contributed by atoms with van der Waals surface area (Å²) in [6.07, 6.45) is 1.66. The number of piperidine rings is 1. The predicted octanol–water partition coefficient (Wildman–Crippen LogP) is 4.20.